The number of aromatic nitrogens is 4. The van der Waals surface area contributed by atoms with Gasteiger partial charge in [-0.25, -0.2) is 13.2 Å². The molecule has 5 nitrogen and oxygen atoms in total. The highest BCUT2D eigenvalue weighted by Gasteiger charge is 2.38. The smallest absolute Gasteiger partial charge is 0.162 e. The van der Waals surface area contributed by atoms with E-state index in [4.69, 9.17) is 0 Å². The fraction of sp³-hybridized carbons (Fsp3) is 0.238. The van der Waals surface area contributed by atoms with Crippen LogP contribution in [0, 0.1) is 21.0 Å². The second-order valence-electron chi connectivity index (χ2n) is 7.83. The molecule has 154 valence electrons. The number of hydrogen-bond donors (Lipinski definition) is 2. The lowest BCUT2D eigenvalue weighted by Gasteiger charge is -2.34. The average molecular weight is 523 g/mol. The van der Waals surface area contributed by atoms with Gasteiger partial charge in [-0.05, 0) is 48.6 Å². The number of hydrogen-bond acceptors (Lipinski definition) is 3. The lowest BCUT2D eigenvalue weighted by Crippen LogP contribution is -2.36. The molecular formula is C21H17F3IN5. The molecule has 3 heterocycles. The van der Waals surface area contributed by atoms with Crippen molar-refractivity contribution in [2.45, 2.75) is 32.7 Å². The van der Waals surface area contributed by atoms with Gasteiger partial charge in [0.2, 0.25) is 0 Å². The Balaban J connectivity index is 1.87. The van der Waals surface area contributed by atoms with Gasteiger partial charge in [-0.15, -0.1) is 10.2 Å². The lowest BCUT2D eigenvalue weighted by molar-refractivity contribution is 0.515. The van der Waals surface area contributed by atoms with Gasteiger partial charge in [-0.3, -0.25) is 4.57 Å². The molecule has 0 radical (unpaired) electrons. The van der Waals surface area contributed by atoms with E-state index >= 15 is 8.78 Å². The minimum Gasteiger partial charge on any atom is -0.371 e. The van der Waals surface area contributed by atoms with Crippen LogP contribution in [0.3, 0.4) is 0 Å². The Morgan fingerprint density at radius 2 is 1.90 bits per heavy atom. The van der Waals surface area contributed by atoms with Gasteiger partial charge in [0.25, 0.3) is 0 Å². The third-order valence-corrected chi connectivity index (χ3v) is 6.33. The van der Waals surface area contributed by atoms with Gasteiger partial charge in [-0.1, -0.05) is 6.92 Å². The van der Waals surface area contributed by atoms with Crippen LogP contribution >= 0.6 is 22.6 Å². The first-order valence-electron chi connectivity index (χ1n) is 9.44. The monoisotopic (exact) mass is 523 g/mol. The molecule has 0 aliphatic carbocycles. The van der Waals surface area contributed by atoms with Gasteiger partial charge in [0.05, 0.1) is 22.3 Å². The Kier molecular flexibility index (Phi) is 4.18. The molecule has 1 aliphatic heterocycles. The van der Waals surface area contributed by atoms with Crippen LogP contribution < -0.4 is 5.32 Å². The van der Waals surface area contributed by atoms with Crippen LogP contribution in [0.15, 0.2) is 24.4 Å². The summed E-state index contributed by atoms with van der Waals surface area (Å²) in [5.74, 6) is -1.04. The highest BCUT2D eigenvalue weighted by Crippen LogP contribution is 2.43. The predicted molar refractivity (Wildman–Crippen MR) is 117 cm³/mol. The second kappa shape index (κ2) is 6.47. The predicted octanol–water partition coefficient (Wildman–Crippen LogP) is 5.66. The van der Waals surface area contributed by atoms with Crippen LogP contribution in [0.5, 0.6) is 0 Å². The summed E-state index contributed by atoms with van der Waals surface area (Å²) < 4.78 is 48.0. The molecule has 0 spiro atoms. The molecular weight excluding hydrogens is 506 g/mol. The van der Waals surface area contributed by atoms with Crippen molar-refractivity contribution in [3.8, 4) is 16.8 Å². The molecule has 4 aromatic rings. The fourth-order valence-corrected chi connectivity index (χ4v) is 4.69. The van der Waals surface area contributed by atoms with Gasteiger partial charge < -0.3 is 10.3 Å². The Bertz CT molecular complexity index is 1340. The van der Waals surface area contributed by atoms with Crippen molar-refractivity contribution >= 4 is 39.2 Å². The van der Waals surface area contributed by atoms with Crippen LogP contribution in [-0.2, 0) is 12.0 Å². The van der Waals surface area contributed by atoms with E-state index in [1.165, 1.54) is 12.1 Å². The number of anilines is 1. The molecule has 0 atom stereocenters. The number of nitrogens with one attached hydrogen (secondary N) is 2. The molecule has 1 aliphatic rings. The van der Waals surface area contributed by atoms with E-state index in [1.54, 1.807) is 10.8 Å². The summed E-state index contributed by atoms with van der Waals surface area (Å²) in [6.07, 6.45) is 2.20. The first-order chi connectivity index (χ1) is 14.2. The van der Waals surface area contributed by atoms with Crippen molar-refractivity contribution in [3.63, 3.8) is 0 Å². The zero-order chi connectivity index (χ0) is 21.4. The largest absolute Gasteiger partial charge is 0.371 e. The van der Waals surface area contributed by atoms with Crippen molar-refractivity contribution in [1.29, 1.82) is 0 Å². The quantitative estimate of drug-likeness (QED) is 0.334. The Morgan fingerprint density at radius 3 is 2.63 bits per heavy atom. The summed E-state index contributed by atoms with van der Waals surface area (Å²) in [6, 6.07) is 3.75. The Hall–Kier alpha value is -2.56. The summed E-state index contributed by atoms with van der Waals surface area (Å²) in [6.45, 7) is 5.64. The number of rotatable bonds is 2. The van der Waals surface area contributed by atoms with E-state index < -0.39 is 23.0 Å². The zero-order valence-corrected chi connectivity index (χ0v) is 18.5. The number of fused-ring (bicyclic) bond motifs is 4. The summed E-state index contributed by atoms with van der Waals surface area (Å²) in [5.41, 5.74) is 0.0798. The standard InChI is InChI=1S/C21H17F3IN5/c1-4-15-28-29-20-21(2,3)27-14-7-12(23)16(17(24)19(14)30(15)20)11-6-9(22)5-10-13(25)8-26-18(10)11/h5-8,26-27H,4H2,1-3H3. The molecule has 9 heteroatoms. The van der Waals surface area contributed by atoms with Gasteiger partial charge >= 0.3 is 0 Å². The molecule has 0 fully saturated rings. The second-order valence-corrected chi connectivity index (χ2v) is 9.00. The number of halogens is 4. The van der Waals surface area contributed by atoms with Crippen molar-refractivity contribution in [2.24, 2.45) is 0 Å². The maximum Gasteiger partial charge on any atom is 0.162 e. The summed E-state index contributed by atoms with van der Waals surface area (Å²) in [4.78, 5) is 3.01. The van der Waals surface area contributed by atoms with Gasteiger partial charge in [-0.2, -0.15) is 0 Å². The maximum absolute atomic E-state index is 16.0. The average Bonchev–Trinajstić information content (AvgIpc) is 3.26. The van der Waals surface area contributed by atoms with Crippen molar-refractivity contribution < 1.29 is 13.2 Å². The minimum absolute atomic E-state index is 0.128. The minimum atomic E-state index is -0.791. The highest BCUT2D eigenvalue weighted by molar-refractivity contribution is 14.1. The molecule has 2 aromatic carbocycles. The fourth-order valence-electron chi connectivity index (χ4n) is 4.11. The molecule has 2 aromatic heterocycles. The van der Waals surface area contributed by atoms with Crippen LogP contribution in [0.1, 0.15) is 32.4 Å². The normalized spacial score (nSPS) is 14.5. The molecule has 30 heavy (non-hydrogen) atoms. The zero-order valence-electron chi connectivity index (χ0n) is 16.4. The van der Waals surface area contributed by atoms with E-state index in [0.29, 0.717) is 34.7 Å². The third kappa shape index (κ3) is 2.60. The van der Waals surface area contributed by atoms with Crippen LogP contribution in [0.4, 0.5) is 18.9 Å². The number of nitrogens with zero attached hydrogens (tertiary/aromatic N) is 3. The molecule has 5 rings (SSSR count). The van der Waals surface area contributed by atoms with Gasteiger partial charge in [0, 0.05) is 33.2 Å². The van der Waals surface area contributed by atoms with Crippen molar-refractivity contribution in [1.82, 2.24) is 19.7 Å². The highest BCUT2D eigenvalue weighted by atomic mass is 127. The molecule has 2 N–H and O–H groups in total. The summed E-state index contributed by atoms with van der Waals surface area (Å²) >= 11 is 2.05. The van der Waals surface area contributed by atoms with E-state index in [0.717, 1.165) is 9.64 Å². The van der Waals surface area contributed by atoms with Gasteiger partial charge in [0.1, 0.15) is 23.1 Å². The Labute approximate surface area is 183 Å². The molecule has 0 saturated heterocycles. The molecule has 0 amide bonds. The molecule has 0 bridgehead atoms. The topological polar surface area (TPSA) is 58.5 Å². The third-order valence-electron chi connectivity index (χ3n) is 5.44. The summed E-state index contributed by atoms with van der Waals surface area (Å²) in [7, 11) is 0. The summed E-state index contributed by atoms with van der Waals surface area (Å²) in [5, 5.41) is 12.2. The van der Waals surface area contributed by atoms with Gasteiger partial charge in [0.15, 0.2) is 11.6 Å². The molecule has 0 saturated carbocycles. The number of aryl methyl sites for hydroxylation is 1. The van der Waals surface area contributed by atoms with Crippen molar-refractivity contribution in [3.05, 3.63) is 57.1 Å². The number of H-pyrrole nitrogens is 1. The first-order valence-corrected chi connectivity index (χ1v) is 10.5. The van der Waals surface area contributed by atoms with E-state index in [-0.39, 0.29) is 16.8 Å². The van der Waals surface area contributed by atoms with Crippen molar-refractivity contribution in [2.75, 3.05) is 5.32 Å². The van der Waals surface area contributed by atoms with E-state index in [9.17, 15) is 4.39 Å². The molecule has 0 unspecified atom stereocenters. The van der Waals surface area contributed by atoms with Crippen LogP contribution in [0.2, 0.25) is 0 Å². The SMILES string of the molecule is CCc1nnc2n1-c1c(cc(F)c(-c3cc(F)cc4c(I)c[nH]c34)c1F)NC2(C)C. The van der Waals surface area contributed by atoms with E-state index in [1.807, 2.05) is 20.8 Å². The number of aromatic amines is 1. The number of benzene rings is 2. The Morgan fingerprint density at radius 1 is 1.13 bits per heavy atom. The van der Waals surface area contributed by atoms with E-state index in [2.05, 4.69) is 43.1 Å². The first kappa shape index (κ1) is 19.4. The lowest BCUT2D eigenvalue weighted by atomic mass is 9.95. The van der Waals surface area contributed by atoms with Crippen LogP contribution in [-0.4, -0.2) is 19.7 Å². The van der Waals surface area contributed by atoms with Crippen LogP contribution in [0.25, 0.3) is 27.7 Å². The maximum atomic E-state index is 16.0.